The van der Waals surface area contributed by atoms with E-state index in [0.29, 0.717) is 12.5 Å². The third-order valence-corrected chi connectivity index (χ3v) is 2.72. The molecule has 0 aromatic heterocycles. The first-order valence-corrected chi connectivity index (χ1v) is 6.26. The van der Waals surface area contributed by atoms with Crippen LogP contribution in [0.3, 0.4) is 0 Å². The summed E-state index contributed by atoms with van der Waals surface area (Å²) < 4.78 is 13.3. The Labute approximate surface area is 104 Å². The van der Waals surface area contributed by atoms with Gasteiger partial charge in [0.05, 0.1) is 0 Å². The van der Waals surface area contributed by atoms with E-state index in [0.717, 1.165) is 24.3 Å². The van der Waals surface area contributed by atoms with E-state index in [-0.39, 0.29) is 5.82 Å². The number of benzene rings is 1. The molecule has 0 aliphatic carbocycles. The summed E-state index contributed by atoms with van der Waals surface area (Å²) in [5, 5.41) is 3.09. The fourth-order valence-electron chi connectivity index (χ4n) is 2.03. The van der Waals surface area contributed by atoms with Gasteiger partial charge >= 0.3 is 0 Å². The fourth-order valence-corrected chi connectivity index (χ4v) is 2.03. The highest BCUT2D eigenvalue weighted by Gasteiger charge is 2.11. The molecular formula is C14H23FN2. The molecule has 0 saturated heterocycles. The standard InChI is InChI=1S/C14H23FN2/c1-5-17(10-11(2)3)14-7-6-13(15)8-12(14)9-16-4/h6-8,11,16H,5,9-10H2,1-4H3. The van der Waals surface area contributed by atoms with E-state index in [2.05, 4.69) is 31.0 Å². The lowest BCUT2D eigenvalue weighted by molar-refractivity contribution is 0.608. The second-order valence-corrected chi connectivity index (χ2v) is 4.74. The van der Waals surface area contributed by atoms with Crippen molar-refractivity contribution < 1.29 is 4.39 Å². The van der Waals surface area contributed by atoms with Gasteiger partial charge in [-0.2, -0.15) is 0 Å². The van der Waals surface area contributed by atoms with Crippen LogP contribution in [0.25, 0.3) is 0 Å². The van der Waals surface area contributed by atoms with Gasteiger partial charge in [-0.1, -0.05) is 13.8 Å². The van der Waals surface area contributed by atoms with E-state index in [9.17, 15) is 4.39 Å². The van der Waals surface area contributed by atoms with Crippen molar-refractivity contribution in [3.8, 4) is 0 Å². The molecule has 0 bridgehead atoms. The number of nitrogens with one attached hydrogen (secondary N) is 1. The summed E-state index contributed by atoms with van der Waals surface area (Å²) in [5.41, 5.74) is 2.16. The second-order valence-electron chi connectivity index (χ2n) is 4.74. The van der Waals surface area contributed by atoms with Crippen LogP contribution in [-0.4, -0.2) is 20.1 Å². The van der Waals surface area contributed by atoms with Gasteiger partial charge < -0.3 is 10.2 Å². The Bertz CT molecular complexity index is 350. The Morgan fingerprint density at radius 3 is 2.59 bits per heavy atom. The lowest BCUT2D eigenvalue weighted by Gasteiger charge is -2.27. The summed E-state index contributed by atoms with van der Waals surface area (Å²) in [7, 11) is 1.88. The summed E-state index contributed by atoms with van der Waals surface area (Å²) in [5.74, 6) is 0.432. The van der Waals surface area contributed by atoms with Crippen LogP contribution in [0.4, 0.5) is 10.1 Å². The van der Waals surface area contributed by atoms with Crippen LogP contribution in [-0.2, 0) is 6.54 Å². The molecular weight excluding hydrogens is 215 g/mol. The van der Waals surface area contributed by atoms with Crippen molar-refractivity contribution in [3.05, 3.63) is 29.6 Å². The maximum atomic E-state index is 13.3. The summed E-state index contributed by atoms with van der Waals surface area (Å²) in [6, 6.07) is 5.04. The first-order valence-electron chi connectivity index (χ1n) is 6.26. The van der Waals surface area contributed by atoms with Crippen molar-refractivity contribution in [2.45, 2.75) is 27.3 Å². The number of hydrogen-bond donors (Lipinski definition) is 1. The predicted octanol–water partition coefficient (Wildman–Crippen LogP) is 3.03. The number of hydrogen-bond acceptors (Lipinski definition) is 2. The molecule has 0 heterocycles. The highest BCUT2D eigenvalue weighted by atomic mass is 19.1. The molecule has 0 aliphatic rings. The second kappa shape index (κ2) is 6.60. The van der Waals surface area contributed by atoms with Crippen LogP contribution in [0.15, 0.2) is 18.2 Å². The molecule has 3 heteroatoms. The molecule has 1 N–H and O–H groups in total. The van der Waals surface area contributed by atoms with Gasteiger partial charge in [-0.3, -0.25) is 0 Å². The Morgan fingerprint density at radius 2 is 2.06 bits per heavy atom. The van der Waals surface area contributed by atoms with Gasteiger partial charge in [0.1, 0.15) is 5.82 Å². The van der Waals surface area contributed by atoms with Crippen molar-refractivity contribution in [1.29, 1.82) is 0 Å². The third-order valence-electron chi connectivity index (χ3n) is 2.72. The molecule has 17 heavy (non-hydrogen) atoms. The quantitative estimate of drug-likeness (QED) is 0.819. The van der Waals surface area contributed by atoms with Gasteiger partial charge in [0.25, 0.3) is 0 Å². The van der Waals surface area contributed by atoms with Crippen molar-refractivity contribution in [2.24, 2.45) is 5.92 Å². The molecule has 0 aliphatic heterocycles. The molecule has 2 nitrogen and oxygen atoms in total. The van der Waals surface area contributed by atoms with Gasteiger partial charge in [-0.25, -0.2) is 4.39 Å². The Balaban J connectivity index is 3.00. The lowest BCUT2D eigenvalue weighted by Crippen LogP contribution is -2.28. The predicted molar refractivity (Wildman–Crippen MR) is 71.9 cm³/mol. The highest BCUT2D eigenvalue weighted by molar-refractivity contribution is 5.53. The molecule has 0 saturated carbocycles. The first-order chi connectivity index (χ1) is 8.08. The van der Waals surface area contributed by atoms with Crippen LogP contribution in [0.5, 0.6) is 0 Å². The van der Waals surface area contributed by atoms with Crippen LogP contribution in [0, 0.1) is 11.7 Å². The molecule has 1 aromatic rings. The van der Waals surface area contributed by atoms with Crippen molar-refractivity contribution >= 4 is 5.69 Å². The molecule has 0 spiro atoms. The fraction of sp³-hybridized carbons (Fsp3) is 0.571. The van der Waals surface area contributed by atoms with Crippen molar-refractivity contribution in [3.63, 3.8) is 0 Å². The number of halogens is 1. The topological polar surface area (TPSA) is 15.3 Å². The van der Waals surface area contributed by atoms with E-state index < -0.39 is 0 Å². The Hall–Kier alpha value is -1.09. The molecule has 96 valence electrons. The minimum Gasteiger partial charge on any atom is -0.371 e. The zero-order valence-corrected chi connectivity index (χ0v) is 11.3. The van der Waals surface area contributed by atoms with Crippen molar-refractivity contribution in [1.82, 2.24) is 5.32 Å². The number of anilines is 1. The third kappa shape index (κ3) is 4.00. The number of rotatable bonds is 6. The van der Waals surface area contributed by atoms with Crippen LogP contribution in [0.1, 0.15) is 26.3 Å². The summed E-state index contributed by atoms with van der Waals surface area (Å²) in [6.07, 6.45) is 0. The van der Waals surface area contributed by atoms with Crippen LogP contribution in [0.2, 0.25) is 0 Å². The summed E-state index contributed by atoms with van der Waals surface area (Å²) in [6.45, 7) is 9.17. The molecule has 0 fully saturated rings. The molecule has 0 radical (unpaired) electrons. The maximum Gasteiger partial charge on any atom is 0.123 e. The minimum absolute atomic E-state index is 0.167. The monoisotopic (exact) mass is 238 g/mol. The SMILES string of the molecule is CCN(CC(C)C)c1ccc(F)cc1CNC. The van der Waals surface area contributed by atoms with Crippen LogP contribution < -0.4 is 10.2 Å². The molecule has 0 unspecified atom stereocenters. The van der Waals surface area contributed by atoms with E-state index in [1.54, 1.807) is 6.07 Å². The first kappa shape index (κ1) is 14.0. The van der Waals surface area contributed by atoms with Gasteiger partial charge in [0.15, 0.2) is 0 Å². The average Bonchev–Trinajstić information content (AvgIpc) is 2.27. The largest absolute Gasteiger partial charge is 0.371 e. The molecule has 0 amide bonds. The minimum atomic E-state index is -0.167. The van der Waals surface area contributed by atoms with Gasteiger partial charge in [0, 0.05) is 25.3 Å². The molecule has 0 atom stereocenters. The molecule has 1 aromatic carbocycles. The van der Waals surface area contributed by atoms with E-state index in [4.69, 9.17) is 0 Å². The average molecular weight is 238 g/mol. The maximum absolute atomic E-state index is 13.3. The van der Waals surface area contributed by atoms with Gasteiger partial charge in [-0.05, 0) is 43.7 Å². The number of nitrogens with zero attached hydrogens (tertiary/aromatic N) is 1. The zero-order chi connectivity index (χ0) is 12.8. The highest BCUT2D eigenvalue weighted by Crippen LogP contribution is 2.22. The van der Waals surface area contributed by atoms with Gasteiger partial charge in [-0.15, -0.1) is 0 Å². The summed E-state index contributed by atoms with van der Waals surface area (Å²) >= 11 is 0. The van der Waals surface area contributed by atoms with E-state index in [1.165, 1.54) is 6.07 Å². The van der Waals surface area contributed by atoms with E-state index in [1.807, 2.05) is 13.1 Å². The Kier molecular flexibility index (Phi) is 5.42. The summed E-state index contributed by atoms with van der Waals surface area (Å²) in [4.78, 5) is 2.30. The molecule has 1 rings (SSSR count). The van der Waals surface area contributed by atoms with Crippen molar-refractivity contribution in [2.75, 3.05) is 25.0 Å². The smallest absolute Gasteiger partial charge is 0.123 e. The lowest BCUT2D eigenvalue weighted by atomic mass is 10.1. The zero-order valence-electron chi connectivity index (χ0n) is 11.3. The van der Waals surface area contributed by atoms with Gasteiger partial charge in [0.2, 0.25) is 0 Å². The normalized spacial score (nSPS) is 10.9. The Morgan fingerprint density at radius 1 is 1.35 bits per heavy atom. The van der Waals surface area contributed by atoms with E-state index >= 15 is 0 Å². The van der Waals surface area contributed by atoms with Crippen LogP contribution >= 0.6 is 0 Å².